The Morgan fingerprint density at radius 2 is 1.58 bits per heavy atom. The van der Waals surface area contributed by atoms with E-state index in [0.29, 0.717) is 11.3 Å². The molecule has 0 spiro atoms. The highest BCUT2D eigenvalue weighted by Crippen LogP contribution is 2.24. The van der Waals surface area contributed by atoms with Crippen LogP contribution in [0.4, 0.5) is 18.9 Å². The normalized spacial score (nSPS) is 11.1. The van der Waals surface area contributed by atoms with Gasteiger partial charge in [0.2, 0.25) is 5.91 Å². The number of amides is 1. The molecular formula is C19H18F3NO3. The number of rotatable bonds is 7. The maximum atomic E-state index is 12.1. The average Bonchev–Trinajstić information content (AvgIpc) is 2.60. The van der Waals surface area contributed by atoms with Crippen molar-refractivity contribution in [3.8, 4) is 5.75 Å². The van der Waals surface area contributed by atoms with E-state index >= 15 is 0 Å². The van der Waals surface area contributed by atoms with Gasteiger partial charge in [-0.1, -0.05) is 31.2 Å². The minimum Gasteiger partial charge on any atom is -0.406 e. The highest BCUT2D eigenvalue weighted by Gasteiger charge is 2.30. The van der Waals surface area contributed by atoms with Crippen molar-refractivity contribution in [3.63, 3.8) is 0 Å². The lowest BCUT2D eigenvalue weighted by Crippen LogP contribution is -2.17. The van der Waals surface area contributed by atoms with Gasteiger partial charge in [0.1, 0.15) is 5.75 Å². The molecule has 0 saturated carbocycles. The molecule has 0 heterocycles. The lowest BCUT2D eigenvalue weighted by molar-refractivity contribution is -0.274. The molecule has 0 unspecified atom stereocenters. The Kier molecular flexibility index (Phi) is 6.38. The zero-order valence-electron chi connectivity index (χ0n) is 14.1. The zero-order chi connectivity index (χ0) is 19.2. The first-order valence-electron chi connectivity index (χ1n) is 8.04. The third-order valence-electron chi connectivity index (χ3n) is 3.63. The van der Waals surface area contributed by atoms with Crippen LogP contribution in [0.15, 0.2) is 48.5 Å². The van der Waals surface area contributed by atoms with Crippen molar-refractivity contribution < 1.29 is 27.5 Å². The summed E-state index contributed by atoms with van der Waals surface area (Å²) in [5.74, 6) is -0.911. The molecule has 1 N–H and O–H groups in total. The number of alkyl halides is 3. The molecule has 0 fully saturated rings. The molecule has 0 radical (unpaired) electrons. The molecular weight excluding hydrogens is 347 g/mol. The van der Waals surface area contributed by atoms with E-state index in [0.717, 1.165) is 24.1 Å². The average molecular weight is 365 g/mol. The van der Waals surface area contributed by atoms with Crippen LogP contribution in [0.5, 0.6) is 5.75 Å². The first-order chi connectivity index (χ1) is 12.3. The van der Waals surface area contributed by atoms with Gasteiger partial charge in [0.15, 0.2) is 5.78 Å². The fourth-order valence-electron chi connectivity index (χ4n) is 2.26. The molecule has 2 aromatic rings. The molecule has 0 saturated heterocycles. The first-order valence-corrected chi connectivity index (χ1v) is 8.04. The quantitative estimate of drug-likeness (QED) is 0.721. The van der Waals surface area contributed by atoms with Crippen LogP contribution in [-0.2, 0) is 11.2 Å². The number of ether oxygens (including phenoxy) is 1. The molecule has 26 heavy (non-hydrogen) atoms. The van der Waals surface area contributed by atoms with Crippen LogP contribution in [0.2, 0.25) is 0 Å². The number of nitrogens with one attached hydrogen (secondary N) is 1. The predicted octanol–water partition coefficient (Wildman–Crippen LogP) is 4.75. The topological polar surface area (TPSA) is 55.4 Å². The van der Waals surface area contributed by atoms with Gasteiger partial charge in [0, 0.05) is 24.1 Å². The minimum absolute atomic E-state index is 0.0187. The third kappa shape index (κ3) is 6.23. The standard InChI is InChI=1S/C19H18F3NO3/c1-2-13-3-5-14(6-4-13)17(24)11-12-18(25)23-15-7-9-16(10-8-15)26-19(20,21)22/h3-10H,2,11-12H2,1H3,(H,23,25). The number of benzene rings is 2. The van der Waals surface area contributed by atoms with Crippen LogP contribution in [0.3, 0.4) is 0 Å². The van der Waals surface area contributed by atoms with Crippen molar-refractivity contribution in [2.24, 2.45) is 0 Å². The fourth-order valence-corrected chi connectivity index (χ4v) is 2.26. The summed E-state index contributed by atoms with van der Waals surface area (Å²) in [6.07, 6.45) is -3.86. The van der Waals surface area contributed by atoms with Crippen molar-refractivity contribution in [2.45, 2.75) is 32.5 Å². The first kappa shape index (κ1) is 19.5. The van der Waals surface area contributed by atoms with E-state index in [-0.39, 0.29) is 24.4 Å². The van der Waals surface area contributed by atoms with E-state index in [9.17, 15) is 22.8 Å². The molecule has 7 heteroatoms. The Labute approximate surface area is 149 Å². The van der Waals surface area contributed by atoms with Gasteiger partial charge in [-0.05, 0) is 36.2 Å². The number of Topliss-reactive ketones (excluding diaryl/α,β-unsaturated/α-hetero) is 1. The molecule has 2 rings (SSSR count). The molecule has 138 valence electrons. The van der Waals surface area contributed by atoms with Crippen LogP contribution in [0.1, 0.15) is 35.7 Å². The molecule has 4 nitrogen and oxygen atoms in total. The third-order valence-corrected chi connectivity index (χ3v) is 3.63. The van der Waals surface area contributed by atoms with Crippen molar-refractivity contribution in [2.75, 3.05) is 5.32 Å². The van der Waals surface area contributed by atoms with E-state index < -0.39 is 12.3 Å². The SMILES string of the molecule is CCc1ccc(C(=O)CCC(=O)Nc2ccc(OC(F)(F)F)cc2)cc1. The number of carbonyl (C=O) groups excluding carboxylic acids is 2. The van der Waals surface area contributed by atoms with Gasteiger partial charge in [0.05, 0.1) is 0 Å². The van der Waals surface area contributed by atoms with Gasteiger partial charge in [-0.15, -0.1) is 13.2 Å². The lowest BCUT2D eigenvalue weighted by atomic mass is 10.0. The van der Waals surface area contributed by atoms with Crippen molar-refractivity contribution in [1.29, 1.82) is 0 Å². The summed E-state index contributed by atoms with van der Waals surface area (Å²) in [6.45, 7) is 2.02. The molecule has 0 aromatic heterocycles. The number of anilines is 1. The molecule has 0 aliphatic heterocycles. The van der Waals surface area contributed by atoms with Gasteiger partial charge >= 0.3 is 6.36 Å². The van der Waals surface area contributed by atoms with Gasteiger partial charge < -0.3 is 10.1 Å². The highest BCUT2D eigenvalue weighted by molar-refractivity contribution is 6.00. The zero-order valence-corrected chi connectivity index (χ0v) is 14.1. The summed E-state index contributed by atoms with van der Waals surface area (Å²) < 4.78 is 40.0. The second kappa shape index (κ2) is 8.51. The Bertz CT molecular complexity index is 753. The van der Waals surface area contributed by atoms with Crippen LogP contribution in [0.25, 0.3) is 0 Å². The second-order valence-electron chi connectivity index (χ2n) is 5.59. The van der Waals surface area contributed by atoms with Crippen LogP contribution in [0, 0.1) is 0 Å². The minimum atomic E-state index is -4.76. The summed E-state index contributed by atoms with van der Waals surface area (Å²) in [4.78, 5) is 24.0. The maximum Gasteiger partial charge on any atom is 0.573 e. The highest BCUT2D eigenvalue weighted by atomic mass is 19.4. The Morgan fingerprint density at radius 3 is 2.12 bits per heavy atom. The molecule has 1 amide bonds. The largest absolute Gasteiger partial charge is 0.573 e. The summed E-state index contributed by atoms with van der Waals surface area (Å²) in [6, 6.07) is 12.0. The lowest BCUT2D eigenvalue weighted by Gasteiger charge is -2.10. The maximum absolute atomic E-state index is 12.1. The summed E-state index contributed by atoms with van der Waals surface area (Å²) >= 11 is 0. The fraction of sp³-hybridized carbons (Fsp3) is 0.263. The van der Waals surface area contributed by atoms with E-state index in [1.165, 1.54) is 12.1 Å². The molecule has 2 aromatic carbocycles. The van der Waals surface area contributed by atoms with Crippen LogP contribution < -0.4 is 10.1 Å². The van der Waals surface area contributed by atoms with E-state index in [4.69, 9.17) is 0 Å². The Morgan fingerprint density at radius 1 is 0.962 bits per heavy atom. The number of hydrogen-bond acceptors (Lipinski definition) is 3. The monoisotopic (exact) mass is 365 g/mol. The van der Waals surface area contributed by atoms with Crippen molar-refractivity contribution in [3.05, 3.63) is 59.7 Å². The molecule has 0 aliphatic rings. The van der Waals surface area contributed by atoms with E-state index in [1.54, 1.807) is 12.1 Å². The van der Waals surface area contributed by atoms with Gasteiger partial charge in [0.25, 0.3) is 0 Å². The number of hydrogen-bond donors (Lipinski definition) is 1. The van der Waals surface area contributed by atoms with Crippen LogP contribution in [-0.4, -0.2) is 18.1 Å². The number of halogens is 3. The second-order valence-corrected chi connectivity index (χ2v) is 5.59. The smallest absolute Gasteiger partial charge is 0.406 e. The van der Waals surface area contributed by atoms with Crippen molar-refractivity contribution in [1.82, 2.24) is 0 Å². The molecule has 0 atom stereocenters. The molecule has 0 aliphatic carbocycles. The van der Waals surface area contributed by atoms with Crippen molar-refractivity contribution >= 4 is 17.4 Å². The number of aryl methyl sites for hydroxylation is 1. The Balaban J connectivity index is 1.83. The van der Waals surface area contributed by atoms with Crippen LogP contribution >= 0.6 is 0 Å². The predicted molar refractivity (Wildman–Crippen MR) is 91.1 cm³/mol. The Hall–Kier alpha value is -2.83. The summed E-state index contributed by atoms with van der Waals surface area (Å²) in [7, 11) is 0. The number of ketones is 1. The summed E-state index contributed by atoms with van der Waals surface area (Å²) in [5, 5.41) is 2.53. The van der Waals surface area contributed by atoms with Gasteiger partial charge in [-0.2, -0.15) is 0 Å². The van der Waals surface area contributed by atoms with Gasteiger partial charge in [-0.3, -0.25) is 9.59 Å². The van der Waals surface area contributed by atoms with E-state index in [2.05, 4.69) is 10.1 Å². The number of carbonyl (C=O) groups is 2. The van der Waals surface area contributed by atoms with Gasteiger partial charge in [-0.25, -0.2) is 0 Å². The van der Waals surface area contributed by atoms with E-state index in [1.807, 2.05) is 19.1 Å². The molecule has 0 bridgehead atoms. The summed E-state index contributed by atoms with van der Waals surface area (Å²) in [5.41, 5.74) is 1.99.